The highest BCUT2D eigenvalue weighted by molar-refractivity contribution is 5.94. The first-order chi connectivity index (χ1) is 11.7. The van der Waals surface area contributed by atoms with Crippen molar-refractivity contribution in [3.63, 3.8) is 0 Å². The normalized spacial score (nSPS) is 15.3. The molecule has 1 fully saturated rings. The van der Waals surface area contributed by atoms with Crippen molar-refractivity contribution < 1.29 is 9.18 Å². The Bertz CT molecular complexity index is 694. The second-order valence-corrected chi connectivity index (χ2v) is 6.25. The van der Waals surface area contributed by atoms with Crippen molar-refractivity contribution in [2.24, 2.45) is 5.92 Å². The number of piperidine rings is 1. The van der Waals surface area contributed by atoms with E-state index >= 15 is 0 Å². The standard InChI is InChI=1S/C19H22FN3O/c1-21-18-13-16(6-9-22-18)19(24)23-10-7-15(8-11-23)12-14-2-4-17(20)5-3-14/h2-6,9,13,15H,7-8,10-12H2,1H3,(H,21,22). The summed E-state index contributed by atoms with van der Waals surface area (Å²) in [5.41, 5.74) is 1.83. The summed E-state index contributed by atoms with van der Waals surface area (Å²) in [4.78, 5) is 18.7. The molecule has 0 atom stereocenters. The van der Waals surface area contributed by atoms with Crippen LogP contribution in [0.5, 0.6) is 0 Å². The minimum atomic E-state index is -0.197. The van der Waals surface area contributed by atoms with Gasteiger partial charge in [-0.15, -0.1) is 0 Å². The molecule has 0 radical (unpaired) electrons. The fourth-order valence-corrected chi connectivity index (χ4v) is 3.18. The van der Waals surface area contributed by atoms with Crippen molar-refractivity contribution in [3.05, 3.63) is 59.5 Å². The quantitative estimate of drug-likeness (QED) is 0.936. The summed E-state index contributed by atoms with van der Waals surface area (Å²) < 4.78 is 13.0. The molecule has 1 amide bonds. The van der Waals surface area contributed by atoms with E-state index in [9.17, 15) is 9.18 Å². The van der Waals surface area contributed by atoms with Crippen molar-refractivity contribution in [1.82, 2.24) is 9.88 Å². The van der Waals surface area contributed by atoms with Gasteiger partial charge in [0.1, 0.15) is 11.6 Å². The fourth-order valence-electron chi connectivity index (χ4n) is 3.18. The van der Waals surface area contributed by atoms with Gasteiger partial charge in [0.2, 0.25) is 0 Å². The number of benzene rings is 1. The fraction of sp³-hybridized carbons (Fsp3) is 0.368. The number of carbonyl (C=O) groups is 1. The maximum absolute atomic E-state index is 13.0. The van der Waals surface area contributed by atoms with E-state index in [1.54, 1.807) is 25.4 Å². The summed E-state index contributed by atoms with van der Waals surface area (Å²) in [6.45, 7) is 1.53. The van der Waals surface area contributed by atoms with Crippen LogP contribution in [-0.2, 0) is 6.42 Å². The van der Waals surface area contributed by atoms with Gasteiger partial charge in [-0.25, -0.2) is 9.37 Å². The van der Waals surface area contributed by atoms with Crippen LogP contribution < -0.4 is 5.32 Å². The molecule has 3 rings (SSSR count). The summed E-state index contributed by atoms with van der Waals surface area (Å²) in [7, 11) is 1.79. The minimum Gasteiger partial charge on any atom is -0.373 e. The SMILES string of the molecule is CNc1cc(C(=O)N2CCC(Cc3ccc(F)cc3)CC2)ccn1. The van der Waals surface area contributed by atoms with E-state index in [4.69, 9.17) is 0 Å². The lowest BCUT2D eigenvalue weighted by Gasteiger charge is -2.32. The first-order valence-electron chi connectivity index (χ1n) is 8.33. The van der Waals surface area contributed by atoms with Gasteiger partial charge in [-0.05, 0) is 55.0 Å². The number of carbonyl (C=O) groups excluding carboxylic acids is 1. The summed E-state index contributed by atoms with van der Waals surface area (Å²) in [6, 6.07) is 10.3. The maximum atomic E-state index is 13.0. The monoisotopic (exact) mass is 327 g/mol. The molecule has 2 aromatic rings. The Kier molecular flexibility index (Phi) is 5.08. The number of rotatable bonds is 4. The van der Waals surface area contributed by atoms with Crippen LogP contribution >= 0.6 is 0 Å². The predicted molar refractivity (Wildman–Crippen MR) is 92.5 cm³/mol. The first-order valence-corrected chi connectivity index (χ1v) is 8.33. The third kappa shape index (κ3) is 3.91. The van der Waals surface area contributed by atoms with Gasteiger partial charge in [-0.1, -0.05) is 12.1 Å². The second kappa shape index (κ2) is 7.43. The predicted octanol–water partition coefficient (Wildman–Crippen LogP) is 3.36. The Morgan fingerprint density at radius 1 is 1.25 bits per heavy atom. The number of amides is 1. The zero-order valence-electron chi connectivity index (χ0n) is 13.8. The lowest BCUT2D eigenvalue weighted by atomic mass is 9.90. The van der Waals surface area contributed by atoms with Gasteiger partial charge in [-0.3, -0.25) is 4.79 Å². The second-order valence-electron chi connectivity index (χ2n) is 6.25. The molecule has 1 aromatic heterocycles. The smallest absolute Gasteiger partial charge is 0.254 e. The highest BCUT2D eigenvalue weighted by Crippen LogP contribution is 2.23. The molecule has 0 bridgehead atoms. The number of nitrogens with one attached hydrogen (secondary N) is 1. The molecule has 126 valence electrons. The lowest BCUT2D eigenvalue weighted by Crippen LogP contribution is -2.38. The third-order valence-corrected chi connectivity index (χ3v) is 4.60. The van der Waals surface area contributed by atoms with Gasteiger partial charge in [0.25, 0.3) is 5.91 Å². The Morgan fingerprint density at radius 3 is 2.62 bits per heavy atom. The van der Waals surface area contributed by atoms with Gasteiger partial charge < -0.3 is 10.2 Å². The van der Waals surface area contributed by atoms with Gasteiger partial charge in [0.05, 0.1) is 0 Å². The van der Waals surface area contributed by atoms with E-state index in [1.807, 2.05) is 17.0 Å². The zero-order valence-corrected chi connectivity index (χ0v) is 13.8. The molecule has 0 saturated carbocycles. The average molecular weight is 327 g/mol. The molecule has 0 spiro atoms. The number of pyridine rings is 1. The summed E-state index contributed by atoms with van der Waals surface area (Å²) >= 11 is 0. The highest BCUT2D eigenvalue weighted by atomic mass is 19.1. The molecule has 2 heterocycles. The molecule has 1 saturated heterocycles. The van der Waals surface area contributed by atoms with Crippen LogP contribution in [0, 0.1) is 11.7 Å². The van der Waals surface area contributed by atoms with Crippen LogP contribution in [0.15, 0.2) is 42.6 Å². The van der Waals surface area contributed by atoms with Crippen LogP contribution in [0.3, 0.4) is 0 Å². The van der Waals surface area contributed by atoms with Gasteiger partial charge in [0.15, 0.2) is 0 Å². The Balaban J connectivity index is 1.56. The highest BCUT2D eigenvalue weighted by Gasteiger charge is 2.24. The Hall–Kier alpha value is -2.43. The number of likely N-dealkylation sites (tertiary alicyclic amines) is 1. The molecular weight excluding hydrogens is 305 g/mol. The maximum Gasteiger partial charge on any atom is 0.254 e. The van der Waals surface area contributed by atoms with Crippen LogP contribution in [0.4, 0.5) is 10.2 Å². The number of halogens is 1. The van der Waals surface area contributed by atoms with Crippen LogP contribution in [0.1, 0.15) is 28.8 Å². The summed E-state index contributed by atoms with van der Waals surface area (Å²) in [6.07, 6.45) is 4.56. The molecule has 4 nitrogen and oxygen atoms in total. The average Bonchev–Trinajstić information content (AvgIpc) is 2.64. The van der Waals surface area contributed by atoms with E-state index in [0.29, 0.717) is 17.3 Å². The Labute approximate surface area is 141 Å². The van der Waals surface area contributed by atoms with Crippen molar-refractivity contribution in [2.75, 3.05) is 25.5 Å². The summed E-state index contributed by atoms with van der Waals surface area (Å²) in [5, 5.41) is 2.95. The molecule has 5 heteroatoms. The number of anilines is 1. The van der Waals surface area contributed by atoms with Gasteiger partial charge in [-0.2, -0.15) is 0 Å². The third-order valence-electron chi connectivity index (χ3n) is 4.60. The van der Waals surface area contributed by atoms with E-state index in [-0.39, 0.29) is 11.7 Å². The number of hydrogen-bond acceptors (Lipinski definition) is 3. The van der Waals surface area contributed by atoms with Gasteiger partial charge >= 0.3 is 0 Å². The van der Waals surface area contributed by atoms with Crippen molar-refractivity contribution >= 4 is 11.7 Å². The largest absolute Gasteiger partial charge is 0.373 e. The molecule has 1 N–H and O–H groups in total. The molecule has 1 aliphatic rings. The number of aromatic nitrogens is 1. The first kappa shape index (κ1) is 16.4. The molecule has 1 aromatic carbocycles. The molecule has 0 unspecified atom stereocenters. The molecule has 0 aliphatic carbocycles. The topological polar surface area (TPSA) is 45.2 Å². The molecular formula is C19H22FN3O. The molecule has 1 aliphatic heterocycles. The minimum absolute atomic E-state index is 0.0640. The van der Waals surface area contributed by atoms with Crippen LogP contribution in [0.25, 0.3) is 0 Å². The Morgan fingerprint density at radius 2 is 1.96 bits per heavy atom. The van der Waals surface area contributed by atoms with E-state index in [2.05, 4.69) is 10.3 Å². The van der Waals surface area contributed by atoms with Gasteiger partial charge in [0, 0.05) is 31.9 Å². The van der Waals surface area contributed by atoms with Crippen LogP contribution in [0.2, 0.25) is 0 Å². The van der Waals surface area contributed by atoms with Crippen molar-refractivity contribution in [3.8, 4) is 0 Å². The number of hydrogen-bond donors (Lipinski definition) is 1. The van der Waals surface area contributed by atoms with E-state index < -0.39 is 0 Å². The number of nitrogens with zero attached hydrogens (tertiary/aromatic N) is 2. The zero-order chi connectivity index (χ0) is 16.9. The van der Waals surface area contributed by atoms with E-state index in [0.717, 1.165) is 37.9 Å². The summed E-state index contributed by atoms with van der Waals surface area (Å²) in [5.74, 6) is 1.11. The lowest BCUT2D eigenvalue weighted by molar-refractivity contribution is 0.0690. The molecule has 24 heavy (non-hydrogen) atoms. The van der Waals surface area contributed by atoms with E-state index in [1.165, 1.54) is 12.1 Å². The van der Waals surface area contributed by atoms with Crippen LogP contribution in [-0.4, -0.2) is 35.9 Å². The van der Waals surface area contributed by atoms with Crippen molar-refractivity contribution in [2.45, 2.75) is 19.3 Å². The van der Waals surface area contributed by atoms with Crippen molar-refractivity contribution in [1.29, 1.82) is 0 Å².